The highest BCUT2D eigenvalue weighted by atomic mass is 16.3. The van der Waals surface area contributed by atoms with Crippen molar-refractivity contribution < 1.29 is 9.66 Å². The van der Waals surface area contributed by atoms with Gasteiger partial charge in [0.25, 0.3) is 0 Å². The van der Waals surface area contributed by atoms with Gasteiger partial charge in [-0.3, -0.25) is 4.79 Å². The molecule has 2 aliphatic rings. The van der Waals surface area contributed by atoms with Gasteiger partial charge in [0.2, 0.25) is 0 Å². The Morgan fingerprint density at radius 1 is 1.23 bits per heavy atom. The van der Waals surface area contributed by atoms with E-state index in [2.05, 4.69) is 11.0 Å². The van der Waals surface area contributed by atoms with Crippen LogP contribution >= 0.6 is 0 Å². The predicted molar refractivity (Wildman–Crippen MR) is 45.3 cm³/mol. The molecule has 1 atom stereocenters. The standard InChI is InChI=1S/C8H13N3O2/c12-8-7(11(13)10-9-8)6-4-2-1-3-5-6/h6-7H,1-5H2,(H-,9,10,12,13)/p+1. The second-order valence-electron chi connectivity index (χ2n) is 3.77. The first-order valence-electron chi connectivity index (χ1n) is 4.81. The number of carbonyl (C=O) groups is 1. The van der Waals surface area contributed by atoms with Crippen molar-refractivity contribution in [3.05, 3.63) is 4.91 Å². The van der Waals surface area contributed by atoms with Crippen molar-refractivity contribution in [2.45, 2.75) is 38.1 Å². The maximum atomic E-state index is 11.3. The van der Waals surface area contributed by atoms with E-state index in [4.69, 9.17) is 0 Å². The number of amides is 1. The first-order chi connectivity index (χ1) is 6.29. The maximum absolute atomic E-state index is 11.3. The Balaban J connectivity index is 2.05. The van der Waals surface area contributed by atoms with Crippen LogP contribution < -0.4 is 11.0 Å². The summed E-state index contributed by atoms with van der Waals surface area (Å²) in [4.78, 5) is 23.1. The number of nitroso groups, excluding NO2 is 1. The van der Waals surface area contributed by atoms with E-state index >= 15 is 0 Å². The van der Waals surface area contributed by atoms with Crippen molar-refractivity contribution in [1.29, 1.82) is 0 Å². The zero-order chi connectivity index (χ0) is 9.26. The molecule has 2 N–H and O–H groups in total. The van der Waals surface area contributed by atoms with E-state index in [0.717, 1.165) is 25.7 Å². The number of nitrogens with one attached hydrogen (secondary N) is 2. The number of rotatable bonds is 1. The van der Waals surface area contributed by atoms with Crippen LogP contribution in [0, 0.1) is 10.8 Å². The summed E-state index contributed by atoms with van der Waals surface area (Å²) in [5.41, 5.74) is 4.64. The Morgan fingerprint density at radius 3 is 2.46 bits per heavy atom. The third kappa shape index (κ3) is 1.50. The molecule has 1 saturated carbocycles. The quantitative estimate of drug-likeness (QED) is 0.575. The molecule has 0 aromatic rings. The molecule has 5 heteroatoms. The number of carbonyl (C=O) groups excluding carboxylic acids is 1. The van der Waals surface area contributed by atoms with Gasteiger partial charge in [0, 0.05) is 5.92 Å². The SMILES string of the molecule is O=C1NN[N+](=O)C1C1CCCCC1. The van der Waals surface area contributed by atoms with Crippen LogP contribution in [0.4, 0.5) is 0 Å². The first-order valence-corrected chi connectivity index (χ1v) is 4.81. The Kier molecular flexibility index (Phi) is 2.16. The predicted octanol–water partition coefficient (Wildman–Crippen LogP) is 0.264. The lowest BCUT2D eigenvalue weighted by atomic mass is 9.84. The lowest BCUT2D eigenvalue weighted by Crippen LogP contribution is -2.35. The van der Waals surface area contributed by atoms with Crippen molar-refractivity contribution in [3.63, 3.8) is 0 Å². The van der Waals surface area contributed by atoms with Gasteiger partial charge >= 0.3 is 11.9 Å². The van der Waals surface area contributed by atoms with Crippen LogP contribution in [0.3, 0.4) is 0 Å². The summed E-state index contributed by atoms with van der Waals surface area (Å²) in [5.74, 6) is 0.0585. The van der Waals surface area contributed by atoms with E-state index in [0.29, 0.717) is 4.87 Å². The van der Waals surface area contributed by atoms with Gasteiger partial charge in [-0.2, -0.15) is 0 Å². The van der Waals surface area contributed by atoms with Gasteiger partial charge in [-0.15, -0.1) is 0 Å². The van der Waals surface area contributed by atoms with Crippen LogP contribution in [-0.4, -0.2) is 16.8 Å². The largest absolute Gasteiger partial charge is 0.319 e. The zero-order valence-corrected chi connectivity index (χ0v) is 7.45. The van der Waals surface area contributed by atoms with Gasteiger partial charge in [-0.05, 0) is 12.8 Å². The van der Waals surface area contributed by atoms with E-state index in [9.17, 15) is 9.70 Å². The lowest BCUT2D eigenvalue weighted by Gasteiger charge is -2.19. The van der Waals surface area contributed by atoms with Gasteiger partial charge in [0.15, 0.2) is 0 Å². The Hall–Kier alpha value is -1.13. The number of hydrogen-bond donors (Lipinski definition) is 2. The minimum absolute atomic E-state index is 0.179. The van der Waals surface area contributed by atoms with Gasteiger partial charge in [0.1, 0.15) is 4.87 Å². The van der Waals surface area contributed by atoms with E-state index < -0.39 is 6.04 Å². The number of hydrazine groups is 2. The average molecular weight is 184 g/mol. The van der Waals surface area contributed by atoms with Crippen molar-refractivity contribution in [3.8, 4) is 0 Å². The van der Waals surface area contributed by atoms with Gasteiger partial charge in [-0.25, -0.2) is 5.43 Å². The van der Waals surface area contributed by atoms with Crippen LogP contribution in [0.2, 0.25) is 0 Å². The molecule has 1 unspecified atom stereocenters. The Labute approximate surface area is 76.4 Å². The van der Waals surface area contributed by atoms with Crippen molar-refractivity contribution in [2.75, 3.05) is 0 Å². The van der Waals surface area contributed by atoms with Crippen molar-refractivity contribution in [2.24, 2.45) is 5.92 Å². The summed E-state index contributed by atoms with van der Waals surface area (Å²) in [6.07, 6.45) is 5.51. The smallest absolute Gasteiger partial charge is 0.265 e. The van der Waals surface area contributed by atoms with E-state index in [1.54, 1.807) is 0 Å². The minimum atomic E-state index is -0.500. The molecule has 0 aromatic carbocycles. The fraction of sp³-hybridized carbons (Fsp3) is 0.875. The molecule has 1 amide bonds. The molecule has 0 bridgehead atoms. The molecule has 0 spiro atoms. The lowest BCUT2D eigenvalue weighted by molar-refractivity contribution is -0.625. The Morgan fingerprint density at radius 2 is 1.92 bits per heavy atom. The molecule has 1 saturated heterocycles. The van der Waals surface area contributed by atoms with Crippen LogP contribution in [-0.2, 0) is 4.79 Å². The molecule has 1 heterocycles. The van der Waals surface area contributed by atoms with Crippen LogP contribution in [0.25, 0.3) is 0 Å². The second-order valence-corrected chi connectivity index (χ2v) is 3.77. The molecule has 2 rings (SSSR count). The fourth-order valence-corrected chi connectivity index (χ4v) is 2.22. The molecular formula is C8H14N3O2+. The summed E-state index contributed by atoms with van der Waals surface area (Å²) >= 11 is 0. The summed E-state index contributed by atoms with van der Waals surface area (Å²) in [6, 6.07) is -0.500. The highest BCUT2D eigenvalue weighted by Gasteiger charge is 2.47. The highest BCUT2D eigenvalue weighted by molar-refractivity contribution is 5.81. The minimum Gasteiger partial charge on any atom is -0.265 e. The van der Waals surface area contributed by atoms with Crippen LogP contribution in [0.1, 0.15) is 32.1 Å². The normalized spacial score (nSPS) is 30.0. The molecule has 1 aliphatic heterocycles. The third-order valence-electron chi connectivity index (χ3n) is 2.91. The Bertz CT molecular complexity index is 220. The average Bonchev–Trinajstić information content (AvgIpc) is 2.48. The first kappa shape index (κ1) is 8.47. The topological polar surface area (TPSA) is 61.2 Å². The van der Waals surface area contributed by atoms with Gasteiger partial charge in [0.05, 0.1) is 4.91 Å². The maximum Gasteiger partial charge on any atom is 0.319 e. The van der Waals surface area contributed by atoms with Crippen LogP contribution in [0.15, 0.2) is 0 Å². The third-order valence-corrected chi connectivity index (χ3v) is 2.91. The van der Waals surface area contributed by atoms with Crippen LogP contribution in [0.5, 0.6) is 0 Å². The molecule has 5 nitrogen and oxygen atoms in total. The highest BCUT2D eigenvalue weighted by Crippen LogP contribution is 2.28. The molecular weight excluding hydrogens is 170 g/mol. The molecule has 13 heavy (non-hydrogen) atoms. The van der Waals surface area contributed by atoms with E-state index in [1.165, 1.54) is 6.42 Å². The molecule has 2 fully saturated rings. The van der Waals surface area contributed by atoms with Crippen molar-refractivity contribution >= 4 is 5.91 Å². The van der Waals surface area contributed by atoms with Gasteiger partial charge in [-0.1, -0.05) is 24.8 Å². The van der Waals surface area contributed by atoms with E-state index in [1.807, 2.05) is 0 Å². The molecule has 0 radical (unpaired) electrons. The number of hydrogen-bond acceptors (Lipinski definition) is 2. The summed E-state index contributed by atoms with van der Waals surface area (Å²) < 4.78 is 0. The second kappa shape index (κ2) is 3.32. The molecule has 0 aromatic heterocycles. The molecule has 72 valence electrons. The summed E-state index contributed by atoms with van der Waals surface area (Å²) in [7, 11) is 0. The van der Waals surface area contributed by atoms with Gasteiger partial charge < -0.3 is 0 Å². The van der Waals surface area contributed by atoms with E-state index in [-0.39, 0.29) is 11.8 Å². The fourth-order valence-electron chi connectivity index (χ4n) is 2.22. The zero-order valence-electron chi connectivity index (χ0n) is 7.45. The monoisotopic (exact) mass is 184 g/mol. The summed E-state index contributed by atoms with van der Waals surface area (Å²) in [6.45, 7) is 0. The van der Waals surface area contributed by atoms with Crippen molar-refractivity contribution in [1.82, 2.24) is 11.0 Å². The molecule has 1 aliphatic carbocycles. The summed E-state index contributed by atoms with van der Waals surface area (Å²) in [5, 5.41) is 0. The number of nitrogens with zero attached hydrogens (tertiary/aromatic N) is 1.